The molecule has 1 heterocycles. The van der Waals surface area contributed by atoms with Crippen LogP contribution >= 0.6 is 11.6 Å². The summed E-state index contributed by atoms with van der Waals surface area (Å²) in [6.45, 7) is -1.05. The summed E-state index contributed by atoms with van der Waals surface area (Å²) in [5.41, 5.74) is 7.40. The first-order valence-electron chi connectivity index (χ1n) is 7.15. The largest absolute Gasteiger partial charge is 0.486 e. The van der Waals surface area contributed by atoms with Gasteiger partial charge in [-0.3, -0.25) is 9.99 Å². The number of hydrogen-bond donors (Lipinski definition) is 2. The third-order valence-corrected chi connectivity index (χ3v) is 3.34. The summed E-state index contributed by atoms with van der Waals surface area (Å²) in [6.07, 6.45) is 2.98. The Morgan fingerprint density at radius 3 is 2.76 bits per heavy atom. The molecule has 0 unspecified atom stereocenters. The van der Waals surface area contributed by atoms with Gasteiger partial charge in [0.15, 0.2) is 0 Å². The maximum absolute atomic E-state index is 12.4. The monoisotopic (exact) mass is 370 g/mol. The zero-order valence-corrected chi connectivity index (χ0v) is 14.1. The fraction of sp³-hybridized carbons (Fsp3) is 0.188. The Labute approximate surface area is 148 Å². The first-order valence-corrected chi connectivity index (χ1v) is 7.53. The molecule has 1 aromatic heterocycles. The molecule has 0 saturated carbocycles. The lowest BCUT2D eigenvalue weighted by Crippen LogP contribution is -2.27. The molecule has 2 aromatic rings. The minimum Gasteiger partial charge on any atom is -0.486 e. The highest BCUT2D eigenvalue weighted by molar-refractivity contribution is 6.32. The second-order valence-corrected chi connectivity index (χ2v) is 5.44. The molecule has 0 atom stereocenters. The first-order chi connectivity index (χ1) is 11.8. The van der Waals surface area contributed by atoms with Crippen molar-refractivity contribution >= 4 is 17.3 Å². The van der Waals surface area contributed by atoms with Crippen LogP contribution in [0, 0.1) is 6.92 Å². The molecular formula is C16H17ClF2N4O2. The molecule has 0 bridgehead atoms. The second-order valence-electron chi connectivity index (χ2n) is 5.03. The van der Waals surface area contributed by atoms with Crippen LogP contribution in [0.25, 0.3) is 0 Å². The molecule has 0 aliphatic rings. The average molecular weight is 371 g/mol. The second kappa shape index (κ2) is 8.50. The Morgan fingerprint density at radius 2 is 2.12 bits per heavy atom. The highest BCUT2D eigenvalue weighted by Crippen LogP contribution is 2.30. The zero-order valence-electron chi connectivity index (χ0n) is 13.3. The molecule has 2 rings (SSSR count). The van der Waals surface area contributed by atoms with Crippen LogP contribution in [0.3, 0.4) is 0 Å². The van der Waals surface area contributed by atoms with E-state index in [0.29, 0.717) is 17.1 Å². The van der Waals surface area contributed by atoms with Crippen molar-refractivity contribution in [2.24, 2.45) is 11.6 Å². The number of rotatable bonds is 7. The number of halogens is 3. The number of hydrazine groups is 1. The third-order valence-electron chi connectivity index (χ3n) is 3.02. The molecular weight excluding hydrogens is 354 g/mol. The van der Waals surface area contributed by atoms with E-state index in [9.17, 15) is 8.78 Å². The number of alkyl halides is 2. The highest BCUT2D eigenvalue weighted by atomic mass is 35.5. The number of ether oxygens (including phenoxy) is 2. The van der Waals surface area contributed by atoms with Crippen LogP contribution in [0.5, 0.6) is 11.5 Å². The summed E-state index contributed by atoms with van der Waals surface area (Å²) in [6, 6.07) is 7.79. The van der Waals surface area contributed by atoms with Crippen molar-refractivity contribution in [2.75, 3.05) is 11.6 Å². The smallest absolute Gasteiger partial charge is 0.387 e. The van der Waals surface area contributed by atoms with E-state index in [1.165, 1.54) is 24.4 Å². The van der Waals surface area contributed by atoms with E-state index >= 15 is 0 Å². The van der Waals surface area contributed by atoms with Gasteiger partial charge in [0, 0.05) is 18.0 Å². The van der Waals surface area contributed by atoms with Gasteiger partial charge in [-0.05, 0) is 31.2 Å². The van der Waals surface area contributed by atoms with Crippen molar-refractivity contribution in [3.8, 4) is 11.5 Å². The van der Waals surface area contributed by atoms with E-state index < -0.39 is 6.61 Å². The molecule has 0 amide bonds. The summed E-state index contributed by atoms with van der Waals surface area (Å²) in [5, 5.41) is 1.20. The van der Waals surface area contributed by atoms with Gasteiger partial charge in [0.25, 0.3) is 0 Å². The van der Waals surface area contributed by atoms with E-state index in [0.717, 1.165) is 10.7 Å². The topological polar surface area (TPSA) is 86.6 Å². The lowest BCUT2D eigenvalue weighted by Gasteiger charge is -2.17. The van der Waals surface area contributed by atoms with Crippen LogP contribution in [0.1, 0.15) is 5.69 Å². The van der Waals surface area contributed by atoms with Gasteiger partial charge < -0.3 is 15.2 Å². The minimum atomic E-state index is -2.99. The molecule has 0 spiro atoms. The molecule has 0 radical (unpaired) electrons. The number of benzene rings is 1. The molecule has 4 N–H and O–H groups in total. The van der Waals surface area contributed by atoms with Gasteiger partial charge in [0.05, 0.1) is 22.6 Å². The Bertz CT molecular complexity index is 741. The van der Waals surface area contributed by atoms with Crippen molar-refractivity contribution < 1.29 is 18.3 Å². The van der Waals surface area contributed by atoms with Crippen molar-refractivity contribution in [3.05, 3.63) is 59.1 Å². The summed E-state index contributed by atoms with van der Waals surface area (Å²) in [4.78, 5) is 4.10. The normalized spacial score (nSPS) is 11.5. The van der Waals surface area contributed by atoms with Gasteiger partial charge in [-0.15, -0.1) is 0 Å². The molecule has 0 saturated heterocycles. The van der Waals surface area contributed by atoms with E-state index in [4.69, 9.17) is 27.9 Å². The molecule has 0 fully saturated rings. The van der Waals surface area contributed by atoms with E-state index in [-0.39, 0.29) is 17.4 Å². The van der Waals surface area contributed by atoms with Gasteiger partial charge in [0.2, 0.25) is 0 Å². The quantitative estimate of drug-likeness (QED) is 0.575. The van der Waals surface area contributed by atoms with Crippen LogP contribution in [-0.2, 0) is 0 Å². The van der Waals surface area contributed by atoms with E-state index in [1.807, 2.05) is 13.0 Å². The lowest BCUT2D eigenvalue weighted by molar-refractivity contribution is -0.0497. The Kier molecular flexibility index (Phi) is 6.37. The van der Waals surface area contributed by atoms with Crippen LogP contribution in [0.15, 0.2) is 48.4 Å². The molecule has 25 heavy (non-hydrogen) atoms. The number of hydrogen-bond acceptors (Lipinski definition) is 6. The number of nitrogens with zero attached hydrogens (tertiary/aromatic N) is 2. The average Bonchev–Trinajstić information content (AvgIpc) is 2.56. The summed E-state index contributed by atoms with van der Waals surface area (Å²) in [7, 11) is 0. The molecule has 134 valence electrons. The molecule has 9 heteroatoms. The van der Waals surface area contributed by atoms with E-state index in [2.05, 4.69) is 9.72 Å². The standard InChI is InChI=1S/C16H17ClF2N4O2/c1-10-2-4-13(7-22-10)24-9-11(20)8-23(21)12-3-5-14(17)15(6-12)25-16(18)19/h2-8,16H,9,20-21H2,1H3/b11-8-. The first kappa shape index (κ1) is 18.8. The maximum atomic E-state index is 12.4. The molecule has 0 aliphatic heterocycles. The lowest BCUT2D eigenvalue weighted by atomic mass is 10.3. The fourth-order valence-corrected chi connectivity index (χ4v) is 2.00. The number of anilines is 1. The number of pyridine rings is 1. The Hall–Kier alpha value is -2.58. The van der Waals surface area contributed by atoms with Gasteiger partial charge in [-0.1, -0.05) is 11.6 Å². The van der Waals surface area contributed by atoms with Crippen molar-refractivity contribution in [2.45, 2.75) is 13.5 Å². The maximum Gasteiger partial charge on any atom is 0.387 e. The van der Waals surface area contributed by atoms with E-state index in [1.54, 1.807) is 12.3 Å². The van der Waals surface area contributed by atoms with Crippen molar-refractivity contribution in [1.29, 1.82) is 0 Å². The SMILES string of the molecule is Cc1ccc(OC/C(N)=C/N(N)c2ccc(Cl)c(OC(F)F)c2)cn1. The molecule has 0 aliphatic carbocycles. The van der Waals surface area contributed by atoms with Gasteiger partial charge in [-0.2, -0.15) is 8.78 Å². The highest BCUT2D eigenvalue weighted by Gasteiger charge is 2.11. The van der Waals surface area contributed by atoms with Crippen molar-refractivity contribution in [3.63, 3.8) is 0 Å². The van der Waals surface area contributed by atoms with Gasteiger partial charge >= 0.3 is 6.61 Å². The van der Waals surface area contributed by atoms with Crippen LogP contribution in [0.2, 0.25) is 5.02 Å². The predicted molar refractivity (Wildman–Crippen MR) is 91.5 cm³/mol. The summed E-state index contributed by atoms with van der Waals surface area (Å²) >= 11 is 5.80. The molecule has 1 aromatic carbocycles. The fourth-order valence-electron chi connectivity index (χ4n) is 1.84. The molecule has 6 nitrogen and oxygen atoms in total. The van der Waals surface area contributed by atoms with Crippen molar-refractivity contribution in [1.82, 2.24) is 4.98 Å². The third kappa shape index (κ3) is 5.77. The van der Waals surface area contributed by atoms with Crippen LogP contribution < -0.4 is 26.1 Å². The minimum absolute atomic E-state index is 0.0459. The van der Waals surface area contributed by atoms with Gasteiger partial charge in [-0.25, -0.2) is 5.84 Å². The number of nitrogens with two attached hydrogens (primary N) is 2. The van der Waals surface area contributed by atoms with Crippen LogP contribution in [0.4, 0.5) is 14.5 Å². The zero-order chi connectivity index (χ0) is 18.4. The number of aryl methyl sites for hydroxylation is 1. The summed E-state index contributed by atoms with van der Waals surface area (Å²) in [5.74, 6) is 6.24. The van der Waals surface area contributed by atoms with Crippen LogP contribution in [-0.4, -0.2) is 18.2 Å². The summed E-state index contributed by atoms with van der Waals surface area (Å²) < 4.78 is 34.5. The Morgan fingerprint density at radius 1 is 1.36 bits per heavy atom. The van der Waals surface area contributed by atoms with Gasteiger partial charge in [0.1, 0.15) is 18.1 Å². The number of aromatic nitrogens is 1. The Balaban J connectivity index is 2.02. The predicted octanol–water partition coefficient (Wildman–Crippen LogP) is 3.20.